The zero-order valence-electron chi connectivity index (χ0n) is 19.9. The number of hydrogen-bond acceptors (Lipinski definition) is 4. The molecular weight excluding hydrogens is 368 g/mol. The summed E-state index contributed by atoms with van der Waals surface area (Å²) in [5.41, 5.74) is 25.1. The molecular formula is C26H46N4. The van der Waals surface area contributed by atoms with Crippen LogP contribution in [0.5, 0.6) is 0 Å². The SMILES string of the molecule is CC(C)C1C2CC(C3CC4CC3C3C4C4CC3C(N)(N)C4(N)N)C(C2)C1C(C)(C)C. The number of nitrogens with two attached hydrogens (primary N) is 4. The fraction of sp³-hybridized carbons (Fsp3) is 1.00. The van der Waals surface area contributed by atoms with Crippen molar-refractivity contribution in [2.24, 2.45) is 105 Å². The van der Waals surface area contributed by atoms with Crippen molar-refractivity contribution in [3.8, 4) is 0 Å². The first-order valence-electron chi connectivity index (χ1n) is 13.0. The zero-order chi connectivity index (χ0) is 21.5. The maximum atomic E-state index is 6.65. The van der Waals surface area contributed by atoms with Gasteiger partial charge in [0.05, 0.1) is 11.3 Å². The van der Waals surface area contributed by atoms with E-state index in [1.165, 1.54) is 25.7 Å². The van der Waals surface area contributed by atoms with Crippen molar-refractivity contribution in [2.75, 3.05) is 0 Å². The van der Waals surface area contributed by atoms with Crippen molar-refractivity contribution in [3.05, 3.63) is 0 Å². The topological polar surface area (TPSA) is 104 Å². The molecule has 6 aliphatic rings. The van der Waals surface area contributed by atoms with Crippen LogP contribution < -0.4 is 22.9 Å². The van der Waals surface area contributed by atoms with Crippen molar-refractivity contribution in [1.29, 1.82) is 0 Å². The summed E-state index contributed by atoms with van der Waals surface area (Å²) in [6.07, 6.45) is 6.90. The molecule has 0 aromatic heterocycles. The fourth-order valence-corrected chi connectivity index (χ4v) is 11.5. The highest BCUT2D eigenvalue weighted by Gasteiger charge is 2.75. The molecule has 4 heteroatoms. The van der Waals surface area contributed by atoms with Gasteiger partial charge in [0.15, 0.2) is 0 Å². The Morgan fingerprint density at radius 1 is 0.667 bits per heavy atom. The smallest absolute Gasteiger partial charge is 0.0990 e. The predicted molar refractivity (Wildman–Crippen MR) is 121 cm³/mol. The van der Waals surface area contributed by atoms with Gasteiger partial charge in [0, 0.05) is 0 Å². The minimum atomic E-state index is -0.890. The second-order valence-corrected chi connectivity index (χ2v) is 14.3. The Labute approximate surface area is 183 Å². The third kappa shape index (κ3) is 2.23. The largest absolute Gasteiger partial charge is 0.311 e. The molecule has 0 aliphatic heterocycles. The van der Waals surface area contributed by atoms with Crippen molar-refractivity contribution in [1.82, 2.24) is 0 Å². The van der Waals surface area contributed by atoms with Crippen molar-refractivity contribution >= 4 is 0 Å². The quantitative estimate of drug-likeness (QED) is 0.411. The molecule has 0 spiro atoms. The molecule has 0 heterocycles. The normalized spacial score (nSPS) is 57.0. The van der Waals surface area contributed by atoms with Gasteiger partial charge in [-0.2, -0.15) is 0 Å². The molecule has 6 bridgehead atoms. The van der Waals surface area contributed by atoms with Crippen LogP contribution in [0, 0.1) is 82.3 Å². The maximum Gasteiger partial charge on any atom is 0.0990 e. The Kier molecular flexibility index (Phi) is 3.98. The van der Waals surface area contributed by atoms with E-state index >= 15 is 0 Å². The summed E-state index contributed by atoms with van der Waals surface area (Å²) < 4.78 is 0. The summed E-state index contributed by atoms with van der Waals surface area (Å²) >= 11 is 0. The number of hydrogen-bond donors (Lipinski definition) is 4. The molecule has 170 valence electrons. The lowest BCUT2D eigenvalue weighted by Gasteiger charge is -2.54. The van der Waals surface area contributed by atoms with Crippen LogP contribution in [-0.4, -0.2) is 11.3 Å². The van der Waals surface area contributed by atoms with Crippen LogP contribution in [0.2, 0.25) is 0 Å². The fourth-order valence-electron chi connectivity index (χ4n) is 11.5. The van der Waals surface area contributed by atoms with Gasteiger partial charge in [0.2, 0.25) is 0 Å². The first-order valence-corrected chi connectivity index (χ1v) is 13.0. The van der Waals surface area contributed by atoms with Gasteiger partial charge in [0.25, 0.3) is 0 Å². The van der Waals surface area contributed by atoms with E-state index < -0.39 is 11.3 Å². The number of rotatable bonds is 2. The minimum Gasteiger partial charge on any atom is -0.311 e. The molecule has 8 N–H and O–H groups in total. The average Bonchev–Trinajstić information content (AvgIpc) is 3.41. The second-order valence-electron chi connectivity index (χ2n) is 14.3. The zero-order valence-corrected chi connectivity index (χ0v) is 19.9. The van der Waals surface area contributed by atoms with Crippen molar-refractivity contribution in [2.45, 2.75) is 78.0 Å². The molecule has 6 rings (SSSR count). The summed E-state index contributed by atoms with van der Waals surface area (Å²) in [5, 5.41) is 0. The molecule has 0 aromatic rings. The summed E-state index contributed by atoms with van der Waals surface area (Å²) in [4.78, 5) is 0. The number of fused-ring (bicyclic) bond motifs is 11. The molecule has 0 amide bonds. The van der Waals surface area contributed by atoms with Crippen LogP contribution in [-0.2, 0) is 0 Å². The molecule has 6 aliphatic carbocycles. The van der Waals surface area contributed by atoms with E-state index in [1.54, 1.807) is 0 Å². The molecule has 0 radical (unpaired) electrons. The van der Waals surface area contributed by atoms with Gasteiger partial charge in [0.1, 0.15) is 0 Å². The van der Waals surface area contributed by atoms with E-state index in [9.17, 15) is 0 Å². The van der Waals surface area contributed by atoms with E-state index in [0.717, 1.165) is 59.7 Å². The van der Waals surface area contributed by atoms with E-state index in [0.29, 0.717) is 29.1 Å². The van der Waals surface area contributed by atoms with Crippen molar-refractivity contribution in [3.63, 3.8) is 0 Å². The van der Waals surface area contributed by atoms with Crippen molar-refractivity contribution < 1.29 is 0 Å². The lowest BCUT2D eigenvalue weighted by molar-refractivity contribution is -0.0360. The molecule has 30 heavy (non-hydrogen) atoms. The molecule has 6 fully saturated rings. The third-order valence-corrected chi connectivity index (χ3v) is 12.0. The molecule has 12 atom stereocenters. The monoisotopic (exact) mass is 414 g/mol. The Morgan fingerprint density at radius 2 is 1.17 bits per heavy atom. The van der Waals surface area contributed by atoms with Gasteiger partial charge in [-0.3, -0.25) is 0 Å². The van der Waals surface area contributed by atoms with E-state index in [4.69, 9.17) is 22.9 Å². The highest BCUT2D eigenvalue weighted by molar-refractivity contribution is 5.26. The Bertz CT molecular complexity index is 736. The predicted octanol–water partition coefficient (Wildman–Crippen LogP) is 3.34. The molecule has 4 nitrogen and oxygen atoms in total. The van der Waals surface area contributed by atoms with E-state index in [2.05, 4.69) is 34.6 Å². The van der Waals surface area contributed by atoms with Gasteiger partial charge in [-0.1, -0.05) is 34.6 Å². The van der Waals surface area contributed by atoms with Gasteiger partial charge in [-0.15, -0.1) is 0 Å². The Balaban J connectivity index is 1.28. The summed E-state index contributed by atoms with van der Waals surface area (Å²) in [6, 6.07) is 0. The van der Waals surface area contributed by atoms with E-state index in [1.807, 2.05) is 0 Å². The van der Waals surface area contributed by atoms with Gasteiger partial charge in [-0.25, -0.2) is 0 Å². The summed E-state index contributed by atoms with van der Waals surface area (Å²) in [6.45, 7) is 12.5. The lowest BCUT2D eigenvalue weighted by Crippen LogP contribution is -2.81. The van der Waals surface area contributed by atoms with Crippen LogP contribution >= 0.6 is 0 Å². The van der Waals surface area contributed by atoms with Gasteiger partial charge in [-0.05, 0) is 114 Å². The lowest BCUT2D eigenvalue weighted by atomic mass is 9.54. The third-order valence-electron chi connectivity index (χ3n) is 12.0. The molecule has 6 saturated carbocycles. The molecule has 0 aromatic carbocycles. The molecule has 0 saturated heterocycles. The highest BCUT2D eigenvalue weighted by atomic mass is 15.2. The van der Waals surface area contributed by atoms with Gasteiger partial charge < -0.3 is 22.9 Å². The standard InChI is InChI=1S/C26H46N4/c1-11(2)20-12-6-15(17(9-12)23(20)24(3,4)5)14-7-13-8-16(14)22-19-10-18(21(13)22)25(27,28)26(19,29)30/h11-23H,6-10,27-30H2,1-5H3. The average molecular weight is 415 g/mol. The first kappa shape index (κ1) is 20.4. The maximum absolute atomic E-state index is 6.65. The summed E-state index contributed by atoms with van der Waals surface area (Å²) in [5.74, 6) is 10.1. The van der Waals surface area contributed by atoms with Crippen LogP contribution in [0.15, 0.2) is 0 Å². The Hall–Kier alpha value is -0.160. The van der Waals surface area contributed by atoms with Crippen LogP contribution in [0.4, 0.5) is 0 Å². The highest BCUT2D eigenvalue weighted by Crippen LogP contribution is 2.74. The first-order chi connectivity index (χ1) is 13.9. The summed E-state index contributed by atoms with van der Waals surface area (Å²) in [7, 11) is 0. The molecule has 12 unspecified atom stereocenters. The van der Waals surface area contributed by atoms with E-state index in [-0.39, 0.29) is 0 Å². The van der Waals surface area contributed by atoms with Crippen LogP contribution in [0.25, 0.3) is 0 Å². The van der Waals surface area contributed by atoms with Crippen LogP contribution in [0.3, 0.4) is 0 Å². The minimum absolute atomic E-state index is 0.334. The van der Waals surface area contributed by atoms with Crippen LogP contribution in [0.1, 0.15) is 66.7 Å². The second kappa shape index (κ2) is 5.85. The van der Waals surface area contributed by atoms with Gasteiger partial charge >= 0.3 is 0 Å². The Morgan fingerprint density at radius 3 is 1.77 bits per heavy atom.